The number of aliphatic imine (C=N–C) groups is 1. The highest BCUT2D eigenvalue weighted by atomic mass is 35.5. The van der Waals surface area contributed by atoms with Crippen LogP contribution in [0.5, 0.6) is 0 Å². The Kier molecular flexibility index (Phi) is 5.47. The van der Waals surface area contributed by atoms with E-state index in [4.69, 9.17) is 16.1 Å². The van der Waals surface area contributed by atoms with Crippen molar-refractivity contribution in [3.05, 3.63) is 47.3 Å². The minimum absolute atomic E-state index is 0.351. The van der Waals surface area contributed by atoms with Gasteiger partial charge >= 0.3 is 0 Å². The van der Waals surface area contributed by atoms with E-state index in [-0.39, 0.29) is 0 Å². The summed E-state index contributed by atoms with van der Waals surface area (Å²) in [5, 5.41) is 11.9. The Morgan fingerprint density at radius 1 is 1.42 bits per heavy atom. The van der Waals surface area contributed by atoms with Crippen molar-refractivity contribution in [2.45, 2.75) is 13.1 Å². The van der Waals surface area contributed by atoms with E-state index < -0.39 is 0 Å². The molecule has 3 rings (SSSR count). The number of hydrogen-bond donors (Lipinski definition) is 1. The van der Waals surface area contributed by atoms with E-state index in [1.807, 2.05) is 31.1 Å². The second-order valence-electron chi connectivity index (χ2n) is 5.58. The third-order valence-electron chi connectivity index (χ3n) is 3.71. The molecule has 0 fully saturated rings. The molecule has 3 aromatic rings. The maximum absolute atomic E-state index is 6.00. The first-order valence-corrected chi connectivity index (χ1v) is 8.28. The molecule has 0 spiro atoms. The first kappa shape index (κ1) is 17.9. The van der Waals surface area contributed by atoms with E-state index in [9.17, 15) is 0 Å². The minimum atomic E-state index is 0.351. The van der Waals surface area contributed by atoms with Gasteiger partial charge in [-0.3, -0.25) is 9.67 Å². The molecule has 26 heavy (non-hydrogen) atoms. The van der Waals surface area contributed by atoms with Crippen LogP contribution < -0.4 is 5.32 Å². The minimum Gasteiger partial charge on any atom is -0.347 e. The lowest BCUT2D eigenvalue weighted by Crippen LogP contribution is -2.38. The average Bonchev–Trinajstić information content (AvgIpc) is 3.25. The summed E-state index contributed by atoms with van der Waals surface area (Å²) >= 11 is 6.00. The molecule has 0 radical (unpaired) electrons. The summed E-state index contributed by atoms with van der Waals surface area (Å²) in [5.41, 5.74) is 0.802. The number of nitrogens with zero attached hydrogens (tertiary/aromatic N) is 7. The van der Waals surface area contributed by atoms with Gasteiger partial charge in [0.25, 0.3) is 0 Å². The van der Waals surface area contributed by atoms with Crippen molar-refractivity contribution in [1.82, 2.24) is 35.1 Å². The maximum Gasteiger partial charge on any atom is 0.246 e. The molecule has 1 N–H and O–H groups in total. The third-order valence-corrected chi connectivity index (χ3v) is 3.94. The quantitative estimate of drug-likeness (QED) is 0.536. The van der Waals surface area contributed by atoms with Crippen LogP contribution in [0.4, 0.5) is 0 Å². The molecule has 1 aromatic carbocycles. The molecule has 0 saturated heterocycles. The molecule has 9 nitrogen and oxygen atoms in total. The third kappa shape index (κ3) is 4.17. The van der Waals surface area contributed by atoms with Crippen LogP contribution >= 0.6 is 11.6 Å². The lowest BCUT2D eigenvalue weighted by atomic mass is 10.2. The Balaban J connectivity index is 1.61. The van der Waals surface area contributed by atoms with Gasteiger partial charge in [-0.2, -0.15) is 10.1 Å². The molecule has 10 heteroatoms. The van der Waals surface area contributed by atoms with Crippen molar-refractivity contribution < 1.29 is 4.52 Å². The van der Waals surface area contributed by atoms with Crippen LogP contribution in [0.25, 0.3) is 11.4 Å². The number of nitrogens with one attached hydrogen (secondary N) is 1. The number of benzene rings is 1. The maximum atomic E-state index is 6.00. The number of aromatic nitrogens is 5. The molecule has 0 atom stereocenters. The Morgan fingerprint density at radius 2 is 2.27 bits per heavy atom. The molecule has 2 heterocycles. The van der Waals surface area contributed by atoms with Crippen LogP contribution in [0.15, 0.2) is 40.1 Å². The average molecular weight is 375 g/mol. The van der Waals surface area contributed by atoms with Gasteiger partial charge < -0.3 is 14.7 Å². The van der Waals surface area contributed by atoms with Gasteiger partial charge in [-0.25, -0.2) is 4.98 Å². The van der Waals surface area contributed by atoms with E-state index in [0.717, 1.165) is 11.4 Å². The highest BCUT2D eigenvalue weighted by Gasteiger charge is 2.13. The molecular weight excluding hydrogens is 356 g/mol. The van der Waals surface area contributed by atoms with Crippen molar-refractivity contribution in [2.75, 3.05) is 14.1 Å². The zero-order chi connectivity index (χ0) is 18.5. The van der Waals surface area contributed by atoms with E-state index in [2.05, 4.69) is 30.5 Å². The Bertz CT molecular complexity index is 903. The van der Waals surface area contributed by atoms with E-state index in [0.29, 0.717) is 35.8 Å². The van der Waals surface area contributed by atoms with Crippen LogP contribution in [-0.4, -0.2) is 49.9 Å². The number of aryl methyl sites for hydroxylation is 1. The largest absolute Gasteiger partial charge is 0.347 e. The van der Waals surface area contributed by atoms with Crippen molar-refractivity contribution in [3.63, 3.8) is 0 Å². The fraction of sp³-hybridized carbons (Fsp3) is 0.312. The van der Waals surface area contributed by atoms with Gasteiger partial charge in [0.2, 0.25) is 11.7 Å². The summed E-state index contributed by atoms with van der Waals surface area (Å²) in [7, 11) is 5.47. The SMILES string of the molecule is CN=C(NCc1nc(-c2cccc(Cl)c2)no1)N(C)Cc1ncnn1C. The van der Waals surface area contributed by atoms with Crippen molar-refractivity contribution in [2.24, 2.45) is 12.0 Å². The van der Waals surface area contributed by atoms with Crippen molar-refractivity contribution in [1.29, 1.82) is 0 Å². The van der Waals surface area contributed by atoms with E-state index in [1.165, 1.54) is 6.33 Å². The van der Waals surface area contributed by atoms with E-state index >= 15 is 0 Å². The monoisotopic (exact) mass is 374 g/mol. The van der Waals surface area contributed by atoms with Crippen LogP contribution in [0.2, 0.25) is 5.02 Å². The van der Waals surface area contributed by atoms with Gasteiger partial charge in [0.15, 0.2) is 5.96 Å². The lowest BCUT2D eigenvalue weighted by Gasteiger charge is -2.20. The van der Waals surface area contributed by atoms with Gasteiger partial charge in [-0.1, -0.05) is 28.9 Å². The molecular formula is C16H19ClN8O. The Morgan fingerprint density at radius 3 is 2.96 bits per heavy atom. The number of halogens is 1. The second kappa shape index (κ2) is 7.96. The number of rotatable bonds is 5. The standard InChI is InChI=1S/C16H19ClN8O/c1-18-16(24(2)9-13-20-10-21-25(13)3)19-8-14-22-15(23-26-14)11-5-4-6-12(17)7-11/h4-7,10H,8-9H2,1-3H3,(H,18,19). The zero-order valence-electron chi connectivity index (χ0n) is 14.7. The van der Waals surface area contributed by atoms with Crippen molar-refractivity contribution in [3.8, 4) is 11.4 Å². The molecule has 0 bridgehead atoms. The Hall–Kier alpha value is -2.94. The number of guanidine groups is 1. The fourth-order valence-electron chi connectivity index (χ4n) is 2.36. The van der Waals surface area contributed by atoms with E-state index in [1.54, 1.807) is 23.9 Å². The smallest absolute Gasteiger partial charge is 0.246 e. The first-order chi connectivity index (χ1) is 12.6. The molecule has 0 amide bonds. The summed E-state index contributed by atoms with van der Waals surface area (Å²) < 4.78 is 7.01. The molecule has 2 aromatic heterocycles. The summed E-state index contributed by atoms with van der Waals surface area (Å²) in [5.74, 6) is 2.45. The summed E-state index contributed by atoms with van der Waals surface area (Å²) in [6, 6.07) is 7.30. The van der Waals surface area contributed by atoms with Crippen LogP contribution in [0, 0.1) is 0 Å². The Labute approximate surface area is 155 Å². The van der Waals surface area contributed by atoms with Gasteiger partial charge in [0.1, 0.15) is 12.2 Å². The molecule has 0 aliphatic heterocycles. The second-order valence-corrected chi connectivity index (χ2v) is 6.02. The zero-order valence-corrected chi connectivity index (χ0v) is 15.5. The van der Waals surface area contributed by atoms with Gasteiger partial charge in [0, 0.05) is 31.7 Å². The van der Waals surface area contributed by atoms with Crippen LogP contribution in [-0.2, 0) is 20.1 Å². The molecule has 0 saturated carbocycles. The highest BCUT2D eigenvalue weighted by Crippen LogP contribution is 2.19. The fourth-order valence-corrected chi connectivity index (χ4v) is 2.55. The van der Waals surface area contributed by atoms with Crippen LogP contribution in [0.1, 0.15) is 11.7 Å². The summed E-state index contributed by atoms with van der Waals surface area (Å²) in [6.45, 7) is 0.914. The highest BCUT2D eigenvalue weighted by molar-refractivity contribution is 6.30. The van der Waals surface area contributed by atoms with Gasteiger partial charge in [0.05, 0.1) is 13.1 Å². The molecule has 0 aliphatic rings. The van der Waals surface area contributed by atoms with Gasteiger partial charge in [-0.15, -0.1) is 0 Å². The topological polar surface area (TPSA) is 97.3 Å². The molecule has 0 aliphatic carbocycles. The predicted molar refractivity (Wildman–Crippen MR) is 97.4 cm³/mol. The number of hydrogen-bond acceptors (Lipinski definition) is 6. The normalized spacial score (nSPS) is 11.6. The summed E-state index contributed by atoms with van der Waals surface area (Å²) in [6.07, 6.45) is 1.52. The molecule has 136 valence electrons. The first-order valence-electron chi connectivity index (χ1n) is 7.90. The predicted octanol–water partition coefficient (Wildman–Crippen LogP) is 1.73. The summed E-state index contributed by atoms with van der Waals surface area (Å²) in [4.78, 5) is 14.8. The lowest BCUT2D eigenvalue weighted by molar-refractivity contribution is 0.370. The van der Waals surface area contributed by atoms with Gasteiger partial charge in [-0.05, 0) is 12.1 Å². The van der Waals surface area contributed by atoms with Crippen LogP contribution in [0.3, 0.4) is 0 Å². The molecule has 0 unspecified atom stereocenters. The van der Waals surface area contributed by atoms with Crippen molar-refractivity contribution >= 4 is 17.6 Å².